The van der Waals surface area contributed by atoms with Gasteiger partial charge in [-0.15, -0.1) is 0 Å². The SMILES string of the molecule is Cc1c(Nc2nc(NCCCN3CCOCC3)nc(Sc3ccccc3)n2)n[nH]c1-c1ccco1. The average Bonchev–Trinajstić information content (AvgIpc) is 3.53. The van der Waals surface area contributed by atoms with Crippen LogP contribution in [0.4, 0.5) is 17.7 Å². The molecule has 4 heterocycles. The molecule has 4 aromatic rings. The van der Waals surface area contributed by atoms with Crippen LogP contribution in [0.2, 0.25) is 0 Å². The number of aromatic nitrogens is 5. The maximum Gasteiger partial charge on any atom is 0.234 e. The molecule has 5 rings (SSSR count). The van der Waals surface area contributed by atoms with Crippen LogP contribution in [0.3, 0.4) is 0 Å². The number of furan rings is 1. The fourth-order valence-electron chi connectivity index (χ4n) is 3.74. The van der Waals surface area contributed by atoms with Gasteiger partial charge in [-0.2, -0.15) is 20.1 Å². The van der Waals surface area contributed by atoms with E-state index in [9.17, 15) is 0 Å². The lowest BCUT2D eigenvalue weighted by Gasteiger charge is -2.26. The molecule has 0 unspecified atom stereocenters. The number of ether oxygens (including phenoxy) is 1. The molecule has 3 N–H and O–H groups in total. The highest BCUT2D eigenvalue weighted by atomic mass is 32.2. The molecule has 0 radical (unpaired) electrons. The number of rotatable bonds is 10. The Morgan fingerprint density at radius 3 is 2.66 bits per heavy atom. The van der Waals surface area contributed by atoms with E-state index in [4.69, 9.17) is 9.15 Å². The zero-order chi connectivity index (χ0) is 23.9. The lowest BCUT2D eigenvalue weighted by molar-refractivity contribution is 0.0378. The number of benzene rings is 1. The predicted molar refractivity (Wildman–Crippen MR) is 135 cm³/mol. The smallest absolute Gasteiger partial charge is 0.234 e. The number of morpholine rings is 1. The maximum atomic E-state index is 5.50. The summed E-state index contributed by atoms with van der Waals surface area (Å²) in [7, 11) is 0. The molecule has 1 fully saturated rings. The van der Waals surface area contributed by atoms with Crippen molar-refractivity contribution >= 4 is 29.5 Å². The van der Waals surface area contributed by atoms with Gasteiger partial charge in [0, 0.05) is 30.1 Å². The van der Waals surface area contributed by atoms with Crippen LogP contribution in [0.15, 0.2) is 63.2 Å². The largest absolute Gasteiger partial charge is 0.463 e. The van der Waals surface area contributed by atoms with E-state index in [-0.39, 0.29) is 0 Å². The Bertz CT molecular complexity index is 1210. The molecule has 0 saturated carbocycles. The van der Waals surface area contributed by atoms with Crippen LogP contribution < -0.4 is 10.6 Å². The first-order valence-electron chi connectivity index (χ1n) is 11.6. The van der Waals surface area contributed by atoms with E-state index < -0.39 is 0 Å². The Balaban J connectivity index is 1.30. The molecular weight excluding hydrogens is 464 g/mol. The molecule has 0 amide bonds. The van der Waals surface area contributed by atoms with Crippen molar-refractivity contribution in [3.8, 4) is 11.5 Å². The highest BCUT2D eigenvalue weighted by Gasteiger charge is 2.16. The molecule has 1 aliphatic rings. The second-order valence-electron chi connectivity index (χ2n) is 8.09. The van der Waals surface area contributed by atoms with E-state index in [0.717, 1.165) is 67.7 Å². The summed E-state index contributed by atoms with van der Waals surface area (Å²) in [4.78, 5) is 17.3. The van der Waals surface area contributed by atoms with Crippen molar-refractivity contribution in [2.24, 2.45) is 0 Å². The van der Waals surface area contributed by atoms with Crippen LogP contribution in [0.1, 0.15) is 12.0 Å². The van der Waals surface area contributed by atoms with Gasteiger partial charge in [-0.25, -0.2) is 0 Å². The van der Waals surface area contributed by atoms with Crippen molar-refractivity contribution < 1.29 is 9.15 Å². The first-order valence-corrected chi connectivity index (χ1v) is 12.4. The zero-order valence-corrected chi connectivity index (χ0v) is 20.3. The molecule has 182 valence electrons. The molecule has 1 aromatic carbocycles. The molecule has 0 aliphatic carbocycles. The molecule has 10 nitrogen and oxygen atoms in total. The van der Waals surface area contributed by atoms with Crippen molar-refractivity contribution in [2.45, 2.75) is 23.4 Å². The van der Waals surface area contributed by atoms with E-state index in [1.165, 1.54) is 11.8 Å². The molecular formula is C24H28N8O2S. The molecule has 1 aliphatic heterocycles. The Hall–Kier alpha value is -3.41. The molecule has 1 saturated heterocycles. The number of nitrogens with zero attached hydrogens (tertiary/aromatic N) is 5. The summed E-state index contributed by atoms with van der Waals surface area (Å²) in [5.74, 6) is 2.32. The Kier molecular flexibility index (Phi) is 7.56. The fourth-order valence-corrected chi connectivity index (χ4v) is 4.51. The quantitative estimate of drug-likeness (QED) is 0.278. The zero-order valence-electron chi connectivity index (χ0n) is 19.5. The molecule has 11 heteroatoms. The Morgan fingerprint density at radius 1 is 1.03 bits per heavy atom. The van der Waals surface area contributed by atoms with Gasteiger partial charge in [0.15, 0.2) is 16.7 Å². The van der Waals surface area contributed by atoms with Crippen molar-refractivity contribution in [1.82, 2.24) is 30.0 Å². The predicted octanol–water partition coefficient (Wildman–Crippen LogP) is 4.19. The average molecular weight is 493 g/mol. The number of nitrogens with one attached hydrogen (secondary N) is 3. The standard InChI is InChI=1S/C24H28N8O2S/c1-17-20(19-9-5-14-34-19)30-31-21(17)26-23-27-22(25-10-6-11-32-12-15-33-16-13-32)28-24(29-23)35-18-7-3-2-4-8-18/h2-5,7-9,14H,6,10-13,15-16H2,1H3,(H3,25,26,27,28,29,30,31). The number of anilines is 3. The van der Waals surface area contributed by atoms with Gasteiger partial charge in [0.1, 0.15) is 5.69 Å². The summed E-state index contributed by atoms with van der Waals surface area (Å²) in [5, 5.41) is 14.6. The van der Waals surface area contributed by atoms with E-state index >= 15 is 0 Å². The minimum Gasteiger partial charge on any atom is -0.463 e. The minimum absolute atomic E-state index is 0.426. The summed E-state index contributed by atoms with van der Waals surface area (Å²) in [6.07, 6.45) is 2.62. The third-order valence-electron chi connectivity index (χ3n) is 5.61. The van der Waals surface area contributed by atoms with Gasteiger partial charge >= 0.3 is 0 Å². The van der Waals surface area contributed by atoms with Gasteiger partial charge in [0.05, 0.1) is 19.5 Å². The Labute approximate surface area is 207 Å². The van der Waals surface area contributed by atoms with Crippen molar-refractivity contribution in [3.05, 3.63) is 54.3 Å². The number of aromatic amines is 1. The maximum absolute atomic E-state index is 5.50. The fraction of sp³-hybridized carbons (Fsp3) is 0.333. The lowest BCUT2D eigenvalue weighted by Crippen LogP contribution is -2.37. The van der Waals surface area contributed by atoms with Gasteiger partial charge in [-0.05, 0) is 55.9 Å². The van der Waals surface area contributed by atoms with Crippen LogP contribution in [0.5, 0.6) is 0 Å². The highest BCUT2D eigenvalue weighted by Crippen LogP contribution is 2.29. The highest BCUT2D eigenvalue weighted by molar-refractivity contribution is 7.99. The third-order valence-corrected chi connectivity index (χ3v) is 6.49. The molecule has 0 spiro atoms. The topological polar surface area (TPSA) is 117 Å². The van der Waals surface area contributed by atoms with E-state index in [0.29, 0.717) is 22.9 Å². The monoisotopic (exact) mass is 492 g/mol. The summed E-state index contributed by atoms with van der Waals surface area (Å²) in [6, 6.07) is 13.8. The van der Waals surface area contributed by atoms with Crippen molar-refractivity contribution in [1.29, 1.82) is 0 Å². The first-order chi connectivity index (χ1) is 17.2. The van der Waals surface area contributed by atoms with E-state index in [1.54, 1.807) is 6.26 Å². The second kappa shape index (κ2) is 11.3. The van der Waals surface area contributed by atoms with Crippen LogP contribution in [0, 0.1) is 6.92 Å². The summed E-state index contributed by atoms with van der Waals surface area (Å²) < 4.78 is 10.9. The van der Waals surface area contributed by atoms with Crippen LogP contribution in [-0.4, -0.2) is 69.4 Å². The van der Waals surface area contributed by atoms with Gasteiger partial charge in [-0.1, -0.05) is 18.2 Å². The van der Waals surface area contributed by atoms with E-state index in [1.807, 2.05) is 49.4 Å². The summed E-state index contributed by atoms with van der Waals surface area (Å²) >= 11 is 1.49. The van der Waals surface area contributed by atoms with E-state index in [2.05, 4.69) is 40.7 Å². The van der Waals surface area contributed by atoms with Crippen molar-refractivity contribution in [2.75, 3.05) is 50.0 Å². The molecule has 35 heavy (non-hydrogen) atoms. The van der Waals surface area contributed by atoms with Crippen LogP contribution in [-0.2, 0) is 4.74 Å². The molecule has 0 bridgehead atoms. The summed E-state index contributed by atoms with van der Waals surface area (Å²) in [5.41, 5.74) is 1.73. The molecule has 3 aromatic heterocycles. The van der Waals surface area contributed by atoms with Crippen molar-refractivity contribution in [3.63, 3.8) is 0 Å². The minimum atomic E-state index is 0.426. The first kappa shape index (κ1) is 23.3. The van der Waals surface area contributed by atoms with Gasteiger partial charge in [0.2, 0.25) is 11.9 Å². The van der Waals surface area contributed by atoms with Gasteiger partial charge in [0.25, 0.3) is 0 Å². The molecule has 0 atom stereocenters. The van der Waals surface area contributed by atoms with Gasteiger partial charge in [-0.3, -0.25) is 10.00 Å². The van der Waals surface area contributed by atoms with Crippen LogP contribution >= 0.6 is 11.8 Å². The third kappa shape index (κ3) is 6.18. The summed E-state index contributed by atoms with van der Waals surface area (Å²) in [6.45, 7) is 7.34. The lowest BCUT2D eigenvalue weighted by atomic mass is 10.2. The second-order valence-corrected chi connectivity index (χ2v) is 9.13. The number of hydrogen-bond donors (Lipinski definition) is 3. The van der Waals surface area contributed by atoms with Gasteiger partial charge < -0.3 is 19.8 Å². The normalized spacial score (nSPS) is 14.2. The number of hydrogen-bond acceptors (Lipinski definition) is 10. The number of H-pyrrole nitrogens is 1. The Morgan fingerprint density at radius 2 is 1.86 bits per heavy atom. The van der Waals surface area contributed by atoms with Crippen LogP contribution in [0.25, 0.3) is 11.5 Å².